The Morgan fingerprint density at radius 3 is 1.86 bits per heavy atom. The Morgan fingerprint density at radius 1 is 0.730 bits per heavy atom. The van der Waals surface area contributed by atoms with Crippen LogP contribution >= 0.6 is 0 Å². The minimum absolute atomic E-state index is 0.154. The van der Waals surface area contributed by atoms with E-state index < -0.39 is 10.0 Å². The van der Waals surface area contributed by atoms with E-state index in [0.29, 0.717) is 30.2 Å². The van der Waals surface area contributed by atoms with Crippen LogP contribution in [-0.2, 0) is 16.6 Å². The summed E-state index contributed by atoms with van der Waals surface area (Å²) < 4.78 is 38.4. The number of benzene rings is 4. The van der Waals surface area contributed by atoms with Crippen molar-refractivity contribution in [3.63, 3.8) is 0 Å². The Balaban J connectivity index is 1.28. The van der Waals surface area contributed by atoms with Crippen molar-refractivity contribution in [1.29, 1.82) is 0 Å². The molecule has 190 valence electrons. The fourth-order valence-electron chi connectivity index (χ4n) is 3.56. The molecule has 0 spiro atoms. The van der Waals surface area contributed by atoms with Crippen LogP contribution in [0.25, 0.3) is 0 Å². The Hall–Kier alpha value is -4.14. The number of hydrogen-bond acceptors (Lipinski definition) is 5. The SMILES string of the molecule is CN(Cc1ccccc1)S(=O)(=O)c1ccc(NC(=O)c2ccc(OCCOc3ccccc3)cc2)cc1. The van der Waals surface area contributed by atoms with Crippen molar-refractivity contribution in [2.45, 2.75) is 11.4 Å². The first kappa shape index (κ1) is 25.9. The maximum atomic E-state index is 12.9. The van der Waals surface area contributed by atoms with Gasteiger partial charge in [0.05, 0.1) is 4.90 Å². The van der Waals surface area contributed by atoms with E-state index in [0.717, 1.165) is 11.3 Å². The van der Waals surface area contributed by atoms with Crippen molar-refractivity contribution in [3.05, 3.63) is 120 Å². The van der Waals surface area contributed by atoms with Crippen molar-refractivity contribution in [2.75, 3.05) is 25.6 Å². The highest BCUT2D eigenvalue weighted by Crippen LogP contribution is 2.20. The number of hydrogen-bond donors (Lipinski definition) is 1. The number of sulfonamides is 1. The normalized spacial score (nSPS) is 11.2. The Morgan fingerprint density at radius 2 is 1.27 bits per heavy atom. The van der Waals surface area contributed by atoms with Gasteiger partial charge in [-0.15, -0.1) is 0 Å². The fourth-order valence-corrected chi connectivity index (χ4v) is 4.72. The minimum Gasteiger partial charge on any atom is -0.490 e. The van der Waals surface area contributed by atoms with Crippen LogP contribution in [0.2, 0.25) is 0 Å². The molecule has 0 aliphatic rings. The number of carbonyl (C=O) groups is 1. The van der Waals surface area contributed by atoms with E-state index in [1.807, 2.05) is 60.7 Å². The summed E-state index contributed by atoms with van der Waals surface area (Å²) in [6.07, 6.45) is 0. The molecule has 37 heavy (non-hydrogen) atoms. The van der Waals surface area contributed by atoms with E-state index >= 15 is 0 Å². The predicted octanol–water partition coefficient (Wildman–Crippen LogP) is 5.22. The zero-order valence-electron chi connectivity index (χ0n) is 20.4. The van der Waals surface area contributed by atoms with E-state index in [1.54, 1.807) is 43.4 Å². The first-order valence-corrected chi connectivity index (χ1v) is 13.2. The van der Waals surface area contributed by atoms with E-state index in [4.69, 9.17) is 9.47 Å². The molecule has 0 aliphatic carbocycles. The highest BCUT2D eigenvalue weighted by Gasteiger charge is 2.21. The lowest BCUT2D eigenvalue weighted by Gasteiger charge is -2.17. The van der Waals surface area contributed by atoms with Gasteiger partial charge in [0.25, 0.3) is 5.91 Å². The molecule has 0 atom stereocenters. The van der Waals surface area contributed by atoms with E-state index in [1.165, 1.54) is 16.4 Å². The summed E-state index contributed by atoms with van der Waals surface area (Å²) >= 11 is 0. The Kier molecular flexibility index (Phi) is 8.56. The molecule has 1 amide bonds. The fraction of sp³-hybridized carbons (Fsp3) is 0.138. The van der Waals surface area contributed by atoms with E-state index in [-0.39, 0.29) is 17.3 Å². The number of nitrogens with zero attached hydrogens (tertiary/aromatic N) is 1. The molecule has 0 bridgehead atoms. The van der Waals surface area contributed by atoms with Gasteiger partial charge in [-0.25, -0.2) is 8.42 Å². The lowest BCUT2D eigenvalue weighted by molar-refractivity contribution is 0.102. The second kappa shape index (κ2) is 12.2. The van der Waals surface area contributed by atoms with Crippen LogP contribution in [0.3, 0.4) is 0 Å². The van der Waals surface area contributed by atoms with Gasteiger partial charge < -0.3 is 14.8 Å². The summed E-state index contributed by atoms with van der Waals surface area (Å²) in [5, 5.41) is 2.79. The number of anilines is 1. The second-order valence-corrected chi connectivity index (χ2v) is 10.3. The third kappa shape index (κ3) is 7.19. The van der Waals surface area contributed by atoms with Crippen LogP contribution in [0.5, 0.6) is 11.5 Å². The molecule has 0 aliphatic heterocycles. The van der Waals surface area contributed by atoms with Gasteiger partial charge in [0.15, 0.2) is 0 Å². The maximum absolute atomic E-state index is 12.9. The van der Waals surface area contributed by atoms with Gasteiger partial charge in [0.1, 0.15) is 24.7 Å². The zero-order chi connectivity index (χ0) is 26.1. The minimum atomic E-state index is -3.67. The first-order valence-electron chi connectivity index (χ1n) is 11.7. The summed E-state index contributed by atoms with van der Waals surface area (Å²) in [7, 11) is -2.12. The standard InChI is InChI=1S/C29H28N2O5S/c1-31(22-23-8-4-2-5-9-23)37(33,34)28-18-14-25(15-19-28)30-29(32)24-12-16-27(17-13-24)36-21-20-35-26-10-6-3-7-11-26/h2-19H,20-22H2,1H3,(H,30,32). The van der Waals surface area contributed by atoms with Gasteiger partial charge in [-0.3, -0.25) is 4.79 Å². The first-order chi connectivity index (χ1) is 17.9. The molecular formula is C29H28N2O5S. The Labute approximate surface area is 217 Å². The van der Waals surface area contributed by atoms with Gasteiger partial charge in [0.2, 0.25) is 10.0 Å². The molecule has 0 aromatic heterocycles. The lowest BCUT2D eigenvalue weighted by atomic mass is 10.2. The molecule has 8 heteroatoms. The molecular weight excluding hydrogens is 488 g/mol. The summed E-state index contributed by atoms with van der Waals surface area (Å²) in [6, 6.07) is 31.8. The third-order valence-corrected chi connectivity index (χ3v) is 7.37. The van der Waals surface area contributed by atoms with Crippen LogP contribution in [0.15, 0.2) is 114 Å². The van der Waals surface area contributed by atoms with E-state index in [2.05, 4.69) is 5.32 Å². The molecule has 1 N–H and O–H groups in total. The van der Waals surface area contributed by atoms with Crippen LogP contribution in [-0.4, -0.2) is 38.9 Å². The topological polar surface area (TPSA) is 84.9 Å². The van der Waals surface area contributed by atoms with Crippen LogP contribution in [0.4, 0.5) is 5.69 Å². The molecule has 0 unspecified atom stereocenters. The molecule has 7 nitrogen and oxygen atoms in total. The highest BCUT2D eigenvalue weighted by atomic mass is 32.2. The van der Waals surface area contributed by atoms with Gasteiger partial charge in [-0.2, -0.15) is 4.31 Å². The van der Waals surface area contributed by atoms with Gasteiger partial charge in [0, 0.05) is 24.8 Å². The lowest BCUT2D eigenvalue weighted by Crippen LogP contribution is -2.26. The molecule has 4 aromatic carbocycles. The maximum Gasteiger partial charge on any atom is 0.255 e. The summed E-state index contributed by atoms with van der Waals surface area (Å²) in [4.78, 5) is 12.8. The molecule has 4 rings (SSSR count). The number of para-hydroxylation sites is 1. The Bertz CT molecular complexity index is 1390. The largest absolute Gasteiger partial charge is 0.490 e. The van der Waals surface area contributed by atoms with Crippen LogP contribution in [0, 0.1) is 0 Å². The van der Waals surface area contributed by atoms with Crippen LogP contribution in [0.1, 0.15) is 15.9 Å². The number of carbonyl (C=O) groups excluding carboxylic acids is 1. The summed E-state index contributed by atoms with van der Waals surface area (Å²) in [6.45, 7) is 1.04. The average Bonchev–Trinajstić information content (AvgIpc) is 2.93. The monoisotopic (exact) mass is 516 g/mol. The van der Waals surface area contributed by atoms with Crippen molar-refractivity contribution in [2.24, 2.45) is 0 Å². The summed E-state index contributed by atoms with van der Waals surface area (Å²) in [5.41, 5.74) is 1.84. The smallest absolute Gasteiger partial charge is 0.255 e. The molecule has 0 saturated heterocycles. The molecule has 0 radical (unpaired) electrons. The van der Waals surface area contributed by atoms with Crippen molar-refractivity contribution >= 4 is 21.6 Å². The predicted molar refractivity (Wildman–Crippen MR) is 143 cm³/mol. The van der Waals surface area contributed by atoms with Crippen molar-refractivity contribution in [3.8, 4) is 11.5 Å². The number of rotatable bonds is 11. The number of ether oxygens (including phenoxy) is 2. The van der Waals surface area contributed by atoms with Gasteiger partial charge in [-0.1, -0.05) is 48.5 Å². The number of nitrogens with one attached hydrogen (secondary N) is 1. The molecule has 4 aromatic rings. The zero-order valence-corrected chi connectivity index (χ0v) is 21.2. The van der Waals surface area contributed by atoms with Crippen molar-refractivity contribution in [1.82, 2.24) is 4.31 Å². The summed E-state index contributed by atoms with van der Waals surface area (Å²) in [5.74, 6) is 1.10. The quantitative estimate of drug-likeness (QED) is 0.277. The molecule has 0 heterocycles. The van der Waals surface area contributed by atoms with Crippen molar-refractivity contribution < 1.29 is 22.7 Å². The molecule has 0 fully saturated rings. The van der Waals surface area contributed by atoms with Gasteiger partial charge >= 0.3 is 0 Å². The highest BCUT2D eigenvalue weighted by molar-refractivity contribution is 7.89. The van der Waals surface area contributed by atoms with Gasteiger partial charge in [-0.05, 0) is 66.2 Å². The third-order valence-electron chi connectivity index (χ3n) is 5.55. The second-order valence-electron chi connectivity index (χ2n) is 8.26. The van der Waals surface area contributed by atoms with Crippen LogP contribution < -0.4 is 14.8 Å². The average molecular weight is 517 g/mol. The van der Waals surface area contributed by atoms with E-state index in [9.17, 15) is 13.2 Å². The number of amides is 1. The molecule has 0 saturated carbocycles.